The first-order valence-corrected chi connectivity index (χ1v) is 19.5. The second kappa shape index (κ2) is 23.6. The van der Waals surface area contributed by atoms with Gasteiger partial charge in [0.1, 0.15) is 5.54 Å². The predicted octanol–water partition coefficient (Wildman–Crippen LogP) is 3.10. The van der Waals surface area contributed by atoms with Crippen molar-refractivity contribution in [2.24, 2.45) is 4.99 Å². The molecule has 0 amide bonds. The summed E-state index contributed by atoms with van der Waals surface area (Å²) in [5, 5.41) is 2.43. The van der Waals surface area contributed by atoms with Crippen molar-refractivity contribution in [3.05, 3.63) is 144 Å². The molecule has 0 radical (unpaired) electrons. The Hall–Kier alpha value is -3.59. The van der Waals surface area contributed by atoms with Crippen molar-refractivity contribution in [3.63, 3.8) is 0 Å². The molecule has 0 aliphatic carbocycles. The van der Waals surface area contributed by atoms with Crippen LogP contribution in [-0.2, 0) is 22.6 Å². The number of para-hydroxylation sites is 2. The number of ether oxygens (including phenoxy) is 2. The number of hydrogen-bond acceptors (Lipinski definition) is 3. The first kappa shape index (κ1) is 46.8. The van der Waals surface area contributed by atoms with Crippen molar-refractivity contribution in [2.45, 2.75) is 91.4 Å². The number of nitrogens with zero attached hydrogens (tertiary/aromatic N) is 3. The molecule has 6 nitrogen and oxygen atoms in total. The van der Waals surface area contributed by atoms with Crippen LogP contribution in [0, 0.1) is 12.4 Å². The van der Waals surface area contributed by atoms with Gasteiger partial charge in [0.05, 0.1) is 6.21 Å². The third kappa shape index (κ3) is 15.7. The minimum atomic E-state index is -0.0729. The van der Waals surface area contributed by atoms with Crippen LogP contribution in [0.3, 0.4) is 0 Å². The Morgan fingerprint density at radius 3 is 1.36 bits per heavy atom. The van der Waals surface area contributed by atoms with Crippen LogP contribution in [0.4, 0.5) is 0 Å². The van der Waals surface area contributed by atoms with Crippen molar-refractivity contribution in [3.8, 4) is 0 Å². The molecule has 2 aliphatic rings. The number of aliphatic imine (C=N–C) groups is 1. The molecule has 2 saturated heterocycles. The van der Waals surface area contributed by atoms with E-state index in [0.717, 1.165) is 50.6 Å². The first-order valence-electron chi connectivity index (χ1n) is 19.5. The summed E-state index contributed by atoms with van der Waals surface area (Å²) in [6.07, 6.45) is 16.1. The molecule has 0 spiro atoms. The first-order chi connectivity index (χ1) is 26.1. The van der Waals surface area contributed by atoms with E-state index in [4.69, 9.17) is 9.47 Å². The van der Waals surface area contributed by atoms with E-state index >= 15 is 0 Å². The van der Waals surface area contributed by atoms with Gasteiger partial charge in [-0.2, -0.15) is 0 Å². The normalized spacial score (nSPS) is 14.0. The van der Waals surface area contributed by atoms with E-state index < -0.39 is 0 Å². The van der Waals surface area contributed by atoms with E-state index in [1.807, 2.05) is 18.3 Å². The van der Waals surface area contributed by atoms with E-state index in [1.54, 1.807) is 0 Å². The van der Waals surface area contributed by atoms with Crippen LogP contribution in [0.15, 0.2) is 114 Å². The summed E-state index contributed by atoms with van der Waals surface area (Å²) in [5.74, 6) is 0. The van der Waals surface area contributed by atoms with Crippen LogP contribution < -0.4 is 42.7 Å². The Kier molecular flexibility index (Phi) is 19.7. The summed E-state index contributed by atoms with van der Waals surface area (Å²) in [5.41, 5.74) is 7.12. The Balaban J connectivity index is 0.000000233. The maximum absolute atomic E-state index is 4.94. The van der Waals surface area contributed by atoms with Gasteiger partial charge in [-0.05, 0) is 78.4 Å². The molecular weight excluding hydrogens is 678 g/mol. The molecular formula is C48H59Li2N4O2+. The minimum absolute atomic E-state index is 0. The molecule has 8 rings (SSSR count). The van der Waals surface area contributed by atoms with Crippen molar-refractivity contribution in [1.82, 2.24) is 9.13 Å². The molecule has 2 aromatic heterocycles. The number of fused-ring (bicyclic) bond motifs is 2. The Morgan fingerprint density at radius 2 is 0.964 bits per heavy atom. The van der Waals surface area contributed by atoms with Crippen LogP contribution >= 0.6 is 0 Å². The van der Waals surface area contributed by atoms with Gasteiger partial charge >= 0.3 is 37.7 Å². The number of rotatable bonds is 6. The van der Waals surface area contributed by atoms with Gasteiger partial charge < -0.3 is 23.6 Å². The molecule has 8 heteroatoms. The van der Waals surface area contributed by atoms with Gasteiger partial charge in [-0.3, -0.25) is 4.99 Å². The molecule has 4 heterocycles. The number of hydrogen-bond donors (Lipinski definition) is 1. The molecule has 56 heavy (non-hydrogen) atoms. The quantitative estimate of drug-likeness (QED) is 0.163. The fourth-order valence-corrected chi connectivity index (χ4v) is 5.96. The smallest absolute Gasteiger partial charge is 0.429 e. The molecule has 2 aliphatic heterocycles. The summed E-state index contributed by atoms with van der Waals surface area (Å²) in [6, 6.07) is 37.9. The van der Waals surface area contributed by atoms with Crippen molar-refractivity contribution in [1.29, 1.82) is 0 Å². The van der Waals surface area contributed by atoms with Gasteiger partial charge in [0.2, 0.25) is 0 Å². The van der Waals surface area contributed by atoms with Gasteiger partial charge in [0.15, 0.2) is 0 Å². The molecule has 0 atom stereocenters. The van der Waals surface area contributed by atoms with Crippen molar-refractivity contribution in [2.75, 3.05) is 26.4 Å². The molecule has 6 aromatic rings. The molecule has 0 bridgehead atoms. The molecule has 0 unspecified atom stereocenters. The molecule has 284 valence electrons. The van der Waals surface area contributed by atoms with Crippen LogP contribution in [0.2, 0.25) is 0 Å². The van der Waals surface area contributed by atoms with Gasteiger partial charge in [-0.15, -0.1) is 28.5 Å². The SMILES string of the molecule is C1CCOC1.C1CCOC1.CC(C)(C)N=Cc1[c-]n(Cc2ccccc2)c2ccccc12.CC(C)(C)[NH+]=Cc1[c-]n(Cc2ccccc2)c2ccccc12.[Li+].[Li+]. The minimum Gasteiger partial charge on any atom is -0.429 e. The standard InChI is InChI=1S/2C20H21N2.2C4H8O.2Li/c2*1-20(2,3)21-13-17-15-22(14-16-9-5-4-6-10-16)19-12-8-7-11-18(17)19;2*1-2-4-5-3-1;;/h2*4-13H,14H2,1-3H3;2*1-4H2;;/q2*-1;;;2*+1/p+1. The number of benzene rings is 4. The second-order valence-corrected chi connectivity index (χ2v) is 15.8. The zero-order valence-electron chi connectivity index (χ0n) is 35.3. The van der Waals surface area contributed by atoms with Crippen LogP contribution in [0.5, 0.6) is 0 Å². The Morgan fingerprint density at radius 1 is 0.571 bits per heavy atom. The third-order valence-electron chi connectivity index (χ3n) is 8.73. The summed E-state index contributed by atoms with van der Waals surface area (Å²) in [6.45, 7) is 18.5. The number of nitrogens with one attached hydrogen (secondary N) is 1. The zero-order valence-corrected chi connectivity index (χ0v) is 35.3. The molecule has 0 saturated carbocycles. The Bertz CT molecular complexity index is 1880. The number of aromatic nitrogens is 2. The van der Waals surface area contributed by atoms with E-state index in [9.17, 15) is 0 Å². The Labute approximate surface area is 360 Å². The van der Waals surface area contributed by atoms with Gasteiger partial charge in [0, 0.05) is 45.1 Å². The topological polar surface area (TPSA) is 54.6 Å². The summed E-state index contributed by atoms with van der Waals surface area (Å²) in [7, 11) is 0. The summed E-state index contributed by atoms with van der Waals surface area (Å²) >= 11 is 0. The van der Waals surface area contributed by atoms with Crippen molar-refractivity contribution >= 4 is 34.2 Å². The largest absolute Gasteiger partial charge is 1.00 e. The van der Waals surface area contributed by atoms with Gasteiger partial charge in [-0.25, -0.2) is 0 Å². The summed E-state index contributed by atoms with van der Waals surface area (Å²) < 4.78 is 14.3. The van der Waals surface area contributed by atoms with E-state index in [2.05, 4.69) is 176 Å². The predicted molar refractivity (Wildman–Crippen MR) is 226 cm³/mol. The van der Waals surface area contributed by atoms with Crippen LogP contribution in [0.1, 0.15) is 89.5 Å². The van der Waals surface area contributed by atoms with E-state index in [-0.39, 0.29) is 48.8 Å². The van der Waals surface area contributed by atoms with Crippen molar-refractivity contribution < 1.29 is 52.2 Å². The molecule has 2 fully saturated rings. The molecule has 4 aromatic carbocycles. The average molecular weight is 738 g/mol. The molecule has 1 N–H and O–H groups in total. The maximum atomic E-state index is 4.94. The fourth-order valence-electron chi connectivity index (χ4n) is 5.96. The third-order valence-corrected chi connectivity index (χ3v) is 8.73. The average Bonchev–Trinajstić information content (AvgIpc) is 4.01. The summed E-state index contributed by atoms with van der Waals surface area (Å²) in [4.78, 5) is 8.07. The van der Waals surface area contributed by atoms with E-state index in [0.29, 0.717) is 0 Å². The second-order valence-electron chi connectivity index (χ2n) is 15.8. The monoisotopic (exact) mass is 737 g/mol. The van der Waals surface area contributed by atoms with E-state index in [1.165, 1.54) is 58.6 Å². The van der Waals surface area contributed by atoms with Gasteiger partial charge in [0.25, 0.3) is 0 Å². The zero-order chi connectivity index (χ0) is 38.2. The van der Waals surface area contributed by atoms with Crippen LogP contribution in [0.25, 0.3) is 21.8 Å². The fraction of sp³-hybridized carbons (Fsp3) is 0.375. The van der Waals surface area contributed by atoms with Crippen LogP contribution in [-0.4, -0.2) is 59.1 Å². The van der Waals surface area contributed by atoms with Gasteiger partial charge in [-0.1, -0.05) is 132 Å². The maximum Gasteiger partial charge on any atom is 1.00 e.